The van der Waals surface area contributed by atoms with Crippen LogP contribution in [0.4, 0.5) is 5.69 Å². The number of nitrogens with zero attached hydrogens (tertiary/aromatic N) is 6. The van der Waals surface area contributed by atoms with E-state index in [1.807, 2.05) is 42.5 Å². The number of rotatable bonds is 4. The number of amides is 1. The molecule has 2 aromatic heterocycles. The van der Waals surface area contributed by atoms with Gasteiger partial charge < -0.3 is 24.3 Å². The van der Waals surface area contributed by atoms with Crippen molar-refractivity contribution >= 4 is 45.7 Å². The molecule has 0 spiro atoms. The van der Waals surface area contributed by atoms with E-state index in [1.165, 1.54) is 7.11 Å². The molecule has 216 valence electrons. The summed E-state index contributed by atoms with van der Waals surface area (Å²) < 4.78 is 13.4. The van der Waals surface area contributed by atoms with Crippen molar-refractivity contribution in [2.24, 2.45) is 4.99 Å². The van der Waals surface area contributed by atoms with E-state index in [4.69, 9.17) is 26.1 Å². The number of H-pyrrole nitrogens is 1. The summed E-state index contributed by atoms with van der Waals surface area (Å²) in [6.45, 7) is 3.41. The number of aliphatic imine (C=N–C) groups is 1. The van der Waals surface area contributed by atoms with Gasteiger partial charge >= 0.3 is 0 Å². The molecule has 3 aromatic carbocycles. The Balaban J connectivity index is 1.15. The lowest BCUT2D eigenvalue weighted by Crippen LogP contribution is -2.52. The Morgan fingerprint density at radius 2 is 1.84 bits per heavy atom. The number of methoxy groups -OCH3 is 1. The van der Waals surface area contributed by atoms with Crippen molar-refractivity contribution < 1.29 is 19.1 Å². The Hall–Kier alpha value is -5.16. The highest BCUT2D eigenvalue weighted by Gasteiger charge is 2.32. The number of piperazine rings is 1. The fraction of sp³-hybridized carbons (Fsp3) is 0.194. The van der Waals surface area contributed by atoms with Crippen LogP contribution in [0, 0.1) is 6.92 Å². The molecule has 0 bridgehead atoms. The molecule has 0 aliphatic carbocycles. The Morgan fingerprint density at radius 1 is 1.02 bits per heavy atom. The van der Waals surface area contributed by atoms with Crippen molar-refractivity contribution in [1.82, 2.24) is 29.5 Å². The number of aryl methyl sites for hydroxylation is 1. The van der Waals surface area contributed by atoms with E-state index in [2.05, 4.69) is 20.0 Å². The van der Waals surface area contributed by atoms with E-state index < -0.39 is 11.7 Å². The standard InChI is InChI=1S/C31H26ClN7O4/c1-18-34-17-39(36-18)23-8-10-26(42-2)27-21(16-33-28(23)27)29(40)31(41)38-13-11-37(12-14-38)30-20-15-19(32)7-9-24(20)43-25-6-4-3-5-22(25)35-30/h3-10,15-17,33H,11-14H2,1-2H3. The number of benzene rings is 3. The first-order chi connectivity index (χ1) is 20.9. The van der Waals surface area contributed by atoms with Crippen LogP contribution in [0.1, 0.15) is 21.7 Å². The summed E-state index contributed by atoms with van der Waals surface area (Å²) >= 11 is 6.36. The molecule has 7 rings (SSSR count). The third kappa shape index (κ3) is 4.67. The predicted molar refractivity (Wildman–Crippen MR) is 161 cm³/mol. The van der Waals surface area contributed by atoms with Gasteiger partial charge in [0.1, 0.15) is 35.2 Å². The number of hydrogen-bond donors (Lipinski definition) is 1. The number of fused-ring (bicyclic) bond motifs is 3. The quantitative estimate of drug-likeness (QED) is 0.231. The van der Waals surface area contributed by atoms with Gasteiger partial charge in [0.05, 0.1) is 34.8 Å². The molecule has 2 aliphatic heterocycles. The molecule has 5 aromatic rings. The molecule has 11 nitrogen and oxygen atoms in total. The zero-order valence-electron chi connectivity index (χ0n) is 23.4. The number of para-hydroxylation sites is 2. The zero-order valence-corrected chi connectivity index (χ0v) is 24.1. The van der Waals surface area contributed by atoms with Crippen LogP contribution in [0.5, 0.6) is 17.2 Å². The molecule has 0 unspecified atom stereocenters. The van der Waals surface area contributed by atoms with E-state index >= 15 is 0 Å². The minimum Gasteiger partial charge on any atom is -0.496 e. The molecular formula is C31H26ClN7O4. The van der Waals surface area contributed by atoms with Crippen molar-refractivity contribution in [2.75, 3.05) is 33.3 Å². The van der Waals surface area contributed by atoms with Gasteiger partial charge in [0.2, 0.25) is 0 Å². The number of aromatic nitrogens is 4. The number of hydrogen-bond acceptors (Lipinski definition) is 8. The Bertz CT molecular complexity index is 1940. The summed E-state index contributed by atoms with van der Waals surface area (Å²) in [4.78, 5) is 43.1. The van der Waals surface area contributed by atoms with Gasteiger partial charge in [-0.3, -0.25) is 9.59 Å². The van der Waals surface area contributed by atoms with Crippen LogP contribution in [-0.2, 0) is 4.79 Å². The van der Waals surface area contributed by atoms with E-state index in [-0.39, 0.29) is 5.56 Å². The van der Waals surface area contributed by atoms with Gasteiger partial charge in [0, 0.05) is 37.4 Å². The summed E-state index contributed by atoms with van der Waals surface area (Å²) in [5.74, 6) is 1.90. The molecular weight excluding hydrogens is 570 g/mol. The second-order valence-electron chi connectivity index (χ2n) is 10.2. The SMILES string of the molecule is COc1ccc(-n2cnc(C)n2)c2[nH]cc(C(=O)C(=O)N3CCN(C4=Nc5ccccc5Oc5ccc(Cl)cc54)CC3)c12. The number of halogens is 1. The average molecular weight is 596 g/mol. The monoisotopic (exact) mass is 595 g/mol. The number of aromatic amines is 1. The number of carbonyl (C=O) groups is 2. The Kier molecular flexibility index (Phi) is 6.58. The van der Waals surface area contributed by atoms with Gasteiger partial charge in [-0.25, -0.2) is 14.7 Å². The summed E-state index contributed by atoms with van der Waals surface area (Å²) in [5, 5.41) is 5.47. The van der Waals surface area contributed by atoms with Crippen molar-refractivity contribution in [1.29, 1.82) is 0 Å². The fourth-order valence-corrected chi connectivity index (χ4v) is 5.69. The number of nitrogens with one attached hydrogen (secondary N) is 1. The zero-order chi connectivity index (χ0) is 29.7. The van der Waals surface area contributed by atoms with Crippen LogP contribution in [-0.4, -0.2) is 80.4 Å². The maximum atomic E-state index is 13.6. The van der Waals surface area contributed by atoms with Gasteiger partial charge in [-0.2, -0.15) is 5.10 Å². The number of ether oxygens (including phenoxy) is 2. The van der Waals surface area contributed by atoms with Crippen LogP contribution in [0.2, 0.25) is 5.02 Å². The normalized spacial score (nSPS) is 14.4. The van der Waals surface area contributed by atoms with Crippen LogP contribution in [0.25, 0.3) is 16.6 Å². The summed E-state index contributed by atoms with van der Waals surface area (Å²) in [5.41, 5.74) is 3.02. The molecule has 12 heteroatoms. The highest BCUT2D eigenvalue weighted by Crippen LogP contribution is 2.39. The molecule has 1 amide bonds. The second-order valence-corrected chi connectivity index (χ2v) is 10.7. The number of Topliss-reactive ketones (excluding diaryl/α,β-unsaturated/α-hetero) is 1. The first kappa shape index (κ1) is 26.7. The van der Waals surface area contributed by atoms with Crippen molar-refractivity contribution in [3.05, 3.63) is 89.1 Å². The van der Waals surface area contributed by atoms with Crippen molar-refractivity contribution in [2.45, 2.75) is 6.92 Å². The van der Waals surface area contributed by atoms with Crippen LogP contribution in [0.3, 0.4) is 0 Å². The van der Waals surface area contributed by atoms with E-state index in [1.54, 1.807) is 41.2 Å². The first-order valence-electron chi connectivity index (χ1n) is 13.7. The number of carbonyl (C=O) groups excluding carboxylic acids is 2. The first-order valence-corrected chi connectivity index (χ1v) is 14.1. The number of ketones is 1. The largest absolute Gasteiger partial charge is 0.496 e. The highest BCUT2D eigenvalue weighted by molar-refractivity contribution is 6.45. The third-order valence-corrected chi connectivity index (χ3v) is 7.88. The van der Waals surface area contributed by atoms with Crippen molar-refractivity contribution in [3.8, 4) is 22.9 Å². The molecule has 1 fully saturated rings. The second kappa shape index (κ2) is 10.6. The molecule has 2 aliphatic rings. The molecule has 4 heterocycles. The molecule has 0 saturated carbocycles. The van der Waals surface area contributed by atoms with Crippen LogP contribution in [0.15, 0.2) is 72.1 Å². The summed E-state index contributed by atoms with van der Waals surface area (Å²) in [6.07, 6.45) is 3.15. The van der Waals surface area contributed by atoms with Gasteiger partial charge in [-0.1, -0.05) is 23.7 Å². The smallest absolute Gasteiger partial charge is 0.295 e. The maximum absolute atomic E-state index is 13.6. The molecule has 0 atom stereocenters. The van der Waals surface area contributed by atoms with Gasteiger partial charge in [0.15, 0.2) is 5.75 Å². The highest BCUT2D eigenvalue weighted by atomic mass is 35.5. The Morgan fingerprint density at radius 3 is 2.60 bits per heavy atom. The van der Waals surface area contributed by atoms with Crippen molar-refractivity contribution in [3.63, 3.8) is 0 Å². The van der Waals surface area contributed by atoms with E-state index in [0.29, 0.717) is 82.4 Å². The van der Waals surface area contributed by atoms with E-state index in [9.17, 15) is 9.59 Å². The molecule has 1 N–H and O–H groups in total. The minimum atomic E-state index is -0.615. The van der Waals surface area contributed by atoms with Crippen LogP contribution < -0.4 is 9.47 Å². The fourth-order valence-electron chi connectivity index (χ4n) is 5.52. The van der Waals surface area contributed by atoms with Gasteiger partial charge in [-0.15, -0.1) is 0 Å². The summed E-state index contributed by atoms with van der Waals surface area (Å²) in [6, 6.07) is 16.6. The number of amidine groups is 1. The third-order valence-electron chi connectivity index (χ3n) is 7.65. The average Bonchev–Trinajstić information content (AvgIpc) is 3.63. The maximum Gasteiger partial charge on any atom is 0.295 e. The summed E-state index contributed by atoms with van der Waals surface area (Å²) in [7, 11) is 1.53. The minimum absolute atomic E-state index is 0.239. The van der Waals surface area contributed by atoms with Gasteiger partial charge in [0.25, 0.3) is 11.7 Å². The molecule has 43 heavy (non-hydrogen) atoms. The molecule has 1 saturated heterocycles. The van der Waals surface area contributed by atoms with E-state index in [0.717, 1.165) is 5.56 Å². The topological polar surface area (TPSA) is 118 Å². The lowest BCUT2D eigenvalue weighted by Gasteiger charge is -2.36. The Labute approximate surface area is 251 Å². The predicted octanol–water partition coefficient (Wildman–Crippen LogP) is 4.93. The molecule has 0 radical (unpaired) electrons. The lowest BCUT2D eigenvalue weighted by atomic mass is 10.1. The lowest BCUT2D eigenvalue weighted by molar-refractivity contribution is -0.127. The van der Waals surface area contributed by atoms with Crippen LogP contribution >= 0.6 is 11.6 Å². The van der Waals surface area contributed by atoms with Gasteiger partial charge in [-0.05, 0) is 49.4 Å².